The first-order valence-electron chi connectivity index (χ1n) is 3.68. The van der Waals surface area contributed by atoms with Crippen molar-refractivity contribution < 1.29 is 9.18 Å². The Morgan fingerprint density at radius 3 is 2.79 bits per heavy atom. The lowest BCUT2D eigenvalue weighted by Gasteiger charge is -2.03. The molecule has 5 heteroatoms. The Morgan fingerprint density at radius 1 is 1.64 bits per heavy atom. The number of benzene rings is 1. The van der Waals surface area contributed by atoms with E-state index in [0.717, 1.165) is 12.1 Å². The molecule has 0 unspecified atom stereocenters. The molecule has 0 atom stereocenters. The van der Waals surface area contributed by atoms with Crippen LogP contribution in [0.25, 0.3) is 0 Å². The third kappa shape index (κ3) is 1.83. The fraction of sp³-hybridized carbons (Fsp3) is 0.111. The van der Waals surface area contributed by atoms with Gasteiger partial charge in [0, 0.05) is 5.56 Å². The Bertz CT molecular complexity index is 426. The maximum atomic E-state index is 12.9. The predicted molar refractivity (Wildman–Crippen MR) is 50.6 cm³/mol. The van der Waals surface area contributed by atoms with Crippen molar-refractivity contribution in [3.05, 3.63) is 29.1 Å². The van der Waals surface area contributed by atoms with E-state index in [-0.39, 0.29) is 22.7 Å². The molecule has 14 heavy (non-hydrogen) atoms. The Labute approximate surface area is 84.9 Å². The van der Waals surface area contributed by atoms with Crippen LogP contribution in [-0.2, 0) is 0 Å². The van der Waals surface area contributed by atoms with Crippen molar-refractivity contribution in [2.75, 3.05) is 11.6 Å². The molecule has 0 aliphatic carbocycles. The summed E-state index contributed by atoms with van der Waals surface area (Å²) in [6.45, 7) is 0. The van der Waals surface area contributed by atoms with Gasteiger partial charge in [-0.1, -0.05) is 0 Å². The Kier molecular flexibility index (Phi) is 3.05. The zero-order valence-corrected chi connectivity index (χ0v) is 7.81. The number of hydrogen-bond donors (Lipinski definition) is 1. The number of Topliss-reactive ketones (excluding diaryl/α,β-unsaturated/α-hetero) is 1. The number of alkyl halides is 1. The summed E-state index contributed by atoms with van der Waals surface area (Å²) in [7, 11) is 0. The summed E-state index contributed by atoms with van der Waals surface area (Å²) in [6.07, 6.45) is 0. The van der Waals surface area contributed by atoms with E-state index >= 15 is 0 Å². The predicted octanol–water partition coefficient (Wildman–Crippen LogP) is 1.70. The Morgan fingerprint density at radius 2 is 2.29 bits per heavy atom. The molecule has 72 valence electrons. The lowest BCUT2D eigenvalue weighted by Crippen LogP contribution is -2.06. The largest absolute Gasteiger partial charge is 0.398 e. The van der Waals surface area contributed by atoms with Gasteiger partial charge in [-0.3, -0.25) is 4.79 Å². The number of nitrogens with zero attached hydrogens (tertiary/aromatic N) is 1. The minimum absolute atomic E-state index is 0.0305. The standard InChI is InChI=1S/C9H6ClFN2O/c10-3-9(14)6-1-5(11)2-8(13)7(6)4-12/h1-2H,3,13H2. The van der Waals surface area contributed by atoms with E-state index in [1.807, 2.05) is 0 Å². The third-order valence-corrected chi connectivity index (χ3v) is 1.91. The fourth-order valence-corrected chi connectivity index (χ4v) is 1.19. The highest BCUT2D eigenvalue weighted by atomic mass is 35.5. The normalized spacial score (nSPS) is 9.50. The molecule has 0 fully saturated rings. The van der Waals surface area contributed by atoms with E-state index in [4.69, 9.17) is 22.6 Å². The lowest BCUT2D eigenvalue weighted by molar-refractivity contribution is 0.102. The SMILES string of the molecule is N#Cc1c(N)cc(F)cc1C(=O)CCl. The van der Waals surface area contributed by atoms with E-state index in [2.05, 4.69) is 0 Å². The third-order valence-electron chi connectivity index (χ3n) is 1.67. The van der Waals surface area contributed by atoms with Crippen molar-refractivity contribution in [3.63, 3.8) is 0 Å². The summed E-state index contributed by atoms with van der Waals surface area (Å²) in [5, 5.41) is 8.69. The van der Waals surface area contributed by atoms with E-state index < -0.39 is 11.6 Å². The van der Waals surface area contributed by atoms with Crippen LogP contribution in [-0.4, -0.2) is 11.7 Å². The molecule has 0 amide bonds. The number of nitrogen functional groups attached to an aromatic ring is 1. The summed E-state index contributed by atoms with van der Waals surface area (Å²) < 4.78 is 12.9. The van der Waals surface area contributed by atoms with Crippen LogP contribution < -0.4 is 5.73 Å². The topological polar surface area (TPSA) is 66.9 Å². The number of nitrogens with two attached hydrogens (primary N) is 1. The van der Waals surface area contributed by atoms with Crippen LogP contribution in [0.15, 0.2) is 12.1 Å². The zero-order chi connectivity index (χ0) is 10.7. The molecule has 0 spiro atoms. The number of carbonyl (C=O) groups is 1. The maximum absolute atomic E-state index is 12.9. The van der Waals surface area contributed by atoms with E-state index in [1.54, 1.807) is 6.07 Å². The van der Waals surface area contributed by atoms with Gasteiger partial charge >= 0.3 is 0 Å². The molecular formula is C9H6ClFN2O. The monoisotopic (exact) mass is 212 g/mol. The Hall–Kier alpha value is -1.60. The van der Waals surface area contributed by atoms with Crippen molar-refractivity contribution in [2.45, 2.75) is 0 Å². The number of ketones is 1. The average molecular weight is 213 g/mol. The summed E-state index contributed by atoms with van der Waals surface area (Å²) in [6, 6.07) is 3.68. The number of anilines is 1. The minimum atomic E-state index is -0.657. The molecule has 0 aliphatic heterocycles. The molecule has 2 N–H and O–H groups in total. The van der Waals surface area contributed by atoms with Gasteiger partial charge in [0.15, 0.2) is 5.78 Å². The van der Waals surface area contributed by atoms with Crippen molar-refractivity contribution >= 4 is 23.1 Å². The van der Waals surface area contributed by atoms with Crippen LogP contribution in [0.1, 0.15) is 15.9 Å². The smallest absolute Gasteiger partial charge is 0.179 e. The first kappa shape index (κ1) is 10.5. The van der Waals surface area contributed by atoms with E-state index in [9.17, 15) is 9.18 Å². The molecule has 0 bridgehead atoms. The summed E-state index contributed by atoms with van der Waals surface area (Å²) >= 11 is 5.30. The van der Waals surface area contributed by atoms with Gasteiger partial charge in [0.05, 0.1) is 17.1 Å². The average Bonchev–Trinajstić information content (AvgIpc) is 2.15. The zero-order valence-electron chi connectivity index (χ0n) is 7.05. The van der Waals surface area contributed by atoms with E-state index in [1.165, 1.54) is 0 Å². The number of hydrogen-bond acceptors (Lipinski definition) is 3. The highest BCUT2D eigenvalue weighted by molar-refractivity contribution is 6.30. The van der Waals surface area contributed by atoms with Gasteiger partial charge in [-0.05, 0) is 12.1 Å². The second kappa shape index (κ2) is 4.07. The van der Waals surface area contributed by atoms with Gasteiger partial charge in [-0.15, -0.1) is 11.6 Å². The quantitative estimate of drug-likeness (QED) is 0.461. The van der Waals surface area contributed by atoms with Gasteiger partial charge in [0.1, 0.15) is 11.9 Å². The van der Waals surface area contributed by atoms with Crippen LogP contribution >= 0.6 is 11.6 Å². The van der Waals surface area contributed by atoms with Gasteiger partial charge in [0.25, 0.3) is 0 Å². The molecule has 0 aliphatic rings. The molecule has 0 aromatic heterocycles. The van der Waals surface area contributed by atoms with Crippen LogP contribution in [0.2, 0.25) is 0 Å². The molecule has 1 rings (SSSR count). The van der Waals surface area contributed by atoms with Crippen LogP contribution in [0.5, 0.6) is 0 Å². The molecule has 0 saturated heterocycles. The number of rotatable bonds is 2. The molecule has 0 saturated carbocycles. The summed E-state index contributed by atoms with van der Waals surface area (Å²) in [5.74, 6) is -1.48. The van der Waals surface area contributed by atoms with Crippen molar-refractivity contribution in [2.24, 2.45) is 0 Å². The lowest BCUT2D eigenvalue weighted by atomic mass is 10.0. The van der Waals surface area contributed by atoms with Crippen LogP contribution in [0, 0.1) is 17.1 Å². The van der Waals surface area contributed by atoms with Gasteiger partial charge < -0.3 is 5.73 Å². The maximum Gasteiger partial charge on any atom is 0.179 e. The van der Waals surface area contributed by atoms with Crippen LogP contribution in [0.3, 0.4) is 0 Å². The van der Waals surface area contributed by atoms with Gasteiger partial charge in [0.2, 0.25) is 0 Å². The first-order valence-corrected chi connectivity index (χ1v) is 4.22. The summed E-state index contributed by atoms with van der Waals surface area (Å²) in [4.78, 5) is 11.2. The molecule has 1 aromatic rings. The van der Waals surface area contributed by atoms with Crippen molar-refractivity contribution in [1.82, 2.24) is 0 Å². The number of nitriles is 1. The molecule has 0 radical (unpaired) electrons. The highest BCUT2D eigenvalue weighted by Gasteiger charge is 2.14. The van der Waals surface area contributed by atoms with Crippen molar-refractivity contribution in [1.29, 1.82) is 5.26 Å². The van der Waals surface area contributed by atoms with Crippen LogP contribution in [0.4, 0.5) is 10.1 Å². The van der Waals surface area contributed by atoms with Gasteiger partial charge in [-0.25, -0.2) is 4.39 Å². The number of halogens is 2. The first-order chi connectivity index (χ1) is 6.60. The molecule has 3 nitrogen and oxygen atoms in total. The van der Waals surface area contributed by atoms with E-state index in [0.29, 0.717) is 0 Å². The molecular weight excluding hydrogens is 207 g/mol. The second-order valence-corrected chi connectivity index (χ2v) is 2.85. The fourth-order valence-electron chi connectivity index (χ4n) is 1.04. The highest BCUT2D eigenvalue weighted by Crippen LogP contribution is 2.19. The van der Waals surface area contributed by atoms with Gasteiger partial charge in [-0.2, -0.15) is 5.26 Å². The molecule has 1 aromatic carbocycles. The number of carbonyl (C=O) groups excluding carboxylic acids is 1. The van der Waals surface area contributed by atoms with Crippen molar-refractivity contribution in [3.8, 4) is 6.07 Å². The summed E-state index contributed by atoms with van der Waals surface area (Å²) in [5.41, 5.74) is 5.21. The minimum Gasteiger partial charge on any atom is -0.398 e. The second-order valence-electron chi connectivity index (χ2n) is 2.59. The Balaban J connectivity index is 3.41. The molecule has 0 heterocycles.